The molecule has 2 rings (SSSR count). The molecule has 4 nitrogen and oxygen atoms in total. The summed E-state index contributed by atoms with van der Waals surface area (Å²) in [5, 5.41) is 0. The van der Waals surface area contributed by atoms with E-state index in [-0.39, 0.29) is 5.56 Å². The third-order valence-corrected chi connectivity index (χ3v) is 2.86. The van der Waals surface area contributed by atoms with E-state index in [9.17, 15) is 4.79 Å². The van der Waals surface area contributed by atoms with E-state index in [4.69, 9.17) is 0 Å². The zero-order valence-electron chi connectivity index (χ0n) is 10.7. The number of aryl methyl sites for hydroxylation is 2. The Morgan fingerprint density at radius 3 is 2.83 bits per heavy atom. The molecule has 0 saturated carbocycles. The minimum absolute atomic E-state index is 0.0326. The molecule has 0 spiro atoms. The SMILES string of the molecule is CCCc1nc(C)c(Cc2cccnc2)c(=O)[nH]1. The number of aromatic amines is 1. The van der Waals surface area contributed by atoms with Gasteiger partial charge in [-0.1, -0.05) is 13.0 Å². The molecule has 0 amide bonds. The fraction of sp³-hybridized carbons (Fsp3) is 0.357. The molecule has 0 saturated heterocycles. The molecule has 0 aromatic carbocycles. The predicted octanol–water partition coefficient (Wildman–Crippen LogP) is 2.02. The Kier molecular flexibility index (Phi) is 3.87. The van der Waals surface area contributed by atoms with Gasteiger partial charge in [0.15, 0.2) is 0 Å². The van der Waals surface area contributed by atoms with Crippen molar-refractivity contribution in [2.75, 3.05) is 0 Å². The average Bonchev–Trinajstić information content (AvgIpc) is 2.36. The van der Waals surface area contributed by atoms with Crippen LogP contribution in [0.2, 0.25) is 0 Å². The number of hydrogen-bond donors (Lipinski definition) is 1. The molecule has 0 aliphatic heterocycles. The molecule has 18 heavy (non-hydrogen) atoms. The van der Waals surface area contributed by atoms with Crippen LogP contribution in [0, 0.1) is 6.92 Å². The molecule has 0 unspecified atom stereocenters. The van der Waals surface area contributed by atoms with Crippen LogP contribution in [0.5, 0.6) is 0 Å². The minimum Gasteiger partial charge on any atom is -0.310 e. The van der Waals surface area contributed by atoms with Gasteiger partial charge in [0.05, 0.1) is 0 Å². The Balaban J connectivity index is 2.32. The van der Waals surface area contributed by atoms with Crippen LogP contribution in [0.15, 0.2) is 29.3 Å². The quantitative estimate of drug-likeness (QED) is 0.893. The van der Waals surface area contributed by atoms with Gasteiger partial charge in [-0.2, -0.15) is 0 Å². The maximum Gasteiger partial charge on any atom is 0.254 e. The topological polar surface area (TPSA) is 58.6 Å². The first-order valence-corrected chi connectivity index (χ1v) is 6.18. The summed E-state index contributed by atoms with van der Waals surface area (Å²) >= 11 is 0. The van der Waals surface area contributed by atoms with Crippen LogP contribution >= 0.6 is 0 Å². The van der Waals surface area contributed by atoms with Crippen LogP contribution in [-0.4, -0.2) is 15.0 Å². The van der Waals surface area contributed by atoms with E-state index < -0.39 is 0 Å². The Labute approximate surface area is 106 Å². The van der Waals surface area contributed by atoms with Crippen LogP contribution in [0.3, 0.4) is 0 Å². The van der Waals surface area contributed by atoms with Gasteiger partial charge in [-0.05, 0) is 25.0 Å². The van der Waals surface area contributed by atoms with Crippen molar-refractivity contribution in [1.82, 2.24) is 15.0 Å². The van der Waals surface area contributed by atoms with Crippen molar-refractivity contribution in [1.29, 1.82) is 0 Å². The van der Waals surface area contributed by atoms with Crippen molar-refractivity contribution in [3.05, 3.63) is 57.5 Å². The molecule has 0 atom stereocenters. The molecule has 0 fully saturated rings. The summed E-state index contributed by atoms with van der Waals surface area (Å²) in [4.78, 5) is 23.4. The molecule has 4 heteroatoms. The molecule has 0 bridgehead atoms. The Bertz CT molecular complexity index is 575. The van der Waals surface area contributed by atoms with Crippen LogP contribution in [-0.2, 0) is 12.8 Å². The van der Waals surface area contributed by atoms with Gasteiger partial charge < -0.3 is 4.98 Å². The van der Waals surface area contributed by atoms with E-state index in [1.165, 1.54) is 0 Å². The lowest BCUT2D eigenvalue weighted by atomic mass is 10.1. The Morgan fingerprint density at radius 2 is 2.22 bits per heavy atom. The van der Waals surface area contributed by atoms with Crippen LogP contribution in [0.4, 0.5) is 0 Å². The van der Waals surface area contributed by atoms with Crippen molar-refractivity contribution < 1.29 is 0 Å². The van der Waals surface area contributed by atoms with E-state index in [1.807, 2.05) is 19.1 Å². The fourth-order valence-corrected chi connectivity index (χ4v) is 1.94. The number of hydrogen-bond acceptors (Lipinski definition) is 3. The number of rotatable bonds is 4. The van der Waals surface area contributed by atoms with E-state index in [0.29, 0.717) is 6.42 Å². The molecule has 94 valence electrons. The zero-order chi connectivity index (χ0) is 13.0. The highest BCUT2D eigenvalue weighted by Gasteiger charge is 2.08. The summed E-state index contributed by atoms with van der Waals surface area (Å²) in [5.74, 6) is 0.773. The number of aromatic nitrogens is 3. The maximum atomic E-state index is 12.0. The van der Waals surface area contributed by atoms with E-state index in [0.717, 1.165) is 35.5 Å². The van der Waals surface area contributed by atoms with E-state index >= 15 is 0 Å². The lowest BCUT2D eigenvalue weighted by Gasteiger charge is -2.06. The summed E-state index contributed by atoms with van der Waals surface area (Å²) < 4.78 is 0. The first-order valence-electron chi connectivity index (χ1n) is 6.18. The van der Waals surface area contributed by atoms with Gasteiger partial charge in [0.1, 0.15) is 5.82 Å². The van der Waals surface area contributed by atoms with Crippen LogP contribution in [0.1, 0.15) is 36.0 Å². The van der Waals surface area contributed by atoms with Crippen molar-refractivity contribution in [3.8, 4) is 0 Å². The van der Waals surface area contributed by atoms with Crippen molar-refractivity contribution in [3.63, 3.8) is 0 Å². The second-order valence-corrected chi connectivity index (χ2v) is 4.36. The standard InChI is InChI=1S/C14H17N3O/c1-3-5-13-16-10(2)12(14(18)17-13)8-11-6-4-7-15-9-11/h4,6-7,9H,3,5,8H2,1-2H3,(H,16,17,18). The lowest BCUT2D eigenvalue weighted by molar-refractivity contribution is 0.802. The molecular weight excluding hydrogens is 226 g/mol. The number of nitrogens with one attached hydrogen (secondary N) is 1. The fourth-order valence-electron chi connectivity index (χ4n) is 1.94. The van der Waals surface area contributed by atoms with E-state index in [2.05, 4.69) is 21.9 Å². The van der Waals surface area contributed by atoms with Crippen LogP contribution < -0.4 is 5.56 Å². The first kappa shape index (κ1) is 12.5. The predicted molar refractivity (Wildman–Crippen MR) is 70.6 cm³/mol. The van der Waals surface area contributed by atoms with Crippen molar-refractivity contribution >= 4 is 0 Å². The third-order valence-electron chi connectivity index (χ3n) is 2.86. The summed E-state index contributed by atoms with van der Waals surface area (Å²) in [7, 11) is 0. The molecule has 0 aliphatic carbocycles. The second-order valence-electron chi connectivity index (χ2n) is 4.36. The van der Waals surface area contributed by atoms with E-state index in [1.54, 1.807) is 12.4 Å². The first-order chi connectivity index (χ1) is 8.70. The normalized spacial score (nSPS) is 10.6. The zero-order valence-corrected chi connectivity index (χ0v) is 10.7. The monoisotopic (exact) mass is 243 g/mol. The van der Waals surface area contributed by atoms with Gasteiger partial charge in [-0.3, -0.25) is 9.78 Å². The summed E-state index contributed by atoms with van der Waals surface area (Å²) in [6.45, 7) is 3.96. The largest absolute Gasteiger partial charge is 0.310 e. The smallest absolute Gasteiger partial charge is 0.254 e. The molecule has 2 heterocycles. The molecule has 0 aliphatic rings. The van der Waals surface area contributed by atoms with Gasteiger partial charge in [-0.15, -0.1) is 0 Å². The number of pyridine rings is 1. The molecule has 2 aromatic heterocycles. The maximum absolute atomic E-state index is 12.0. The highest BCUT2D eigenvalue weighted by Crippen LogP contribution is 2.07. The third kappa shape index (κ3) is 2.83. The summed E-state index contributed by atoms with van der Waals surface area (Å²) in [6, 6.07) is 3.84. The Hall–Kier alpha value is -1.97. The Morgan fingerprint density at radius 1 is 1.39 bits per heavy atom. The minimum atomic E-state index is -0.0326. The number of H-pyrrole nitrogens is 1. The molecule has 2 aromatic rings. The average molecular weight is 243 g/mol. The van der Waals surface area contributed by atoms with Crippen molar-refractivity contribution in [2.24, 2.45) is 0 Å². The molecule has 1 N–H and O–H groups in total. The van der Waals surface area contributed by atoms with Gasteiger partial charge >= 0.3 is 0 Å². The van der Waals surface area contributed by atoms with Gasteiger partial charge in [0.25, 0.3) is 5.56 Å². The summed E-state index contributed by atoms with van der Waals surface area (Å²) in [5.41, 5.74) is 2.53. The highest BCUT2D eigenvalue weighted by molar-refractivity contribution is 5.25. The summed E-state index contributed by atoms with van der Waals surface area (Å²) in [6.07, 6.45) is 5.87. The van der Waals surface area contributed by atoms with Crippen molar-refractivity contribution in [2.45, 2.75) is 33.1 Å². The van der Waals surface area contributed by atoms with Gasteiger partial charge in [-0.25, -0.2) is 4.98 Å². The second kappa shape index (κ2) is 5.58. The number of nitrogens with zero attached hydrogens (tertiary/aromatic N) is 2. The van der Waals surface area contributed by atoms with Gasteiger partial charge in [0, 0.05) is 36.5 Å². The molecular formula is C14H17N3O. The lowest BCUT2D eigenvalue weighted by Crippen LogP contribution is -2.19. The van der Waals surface area contributed by atoms with Gasteiger partial charge in [0.2, 0.25) is 0 Å². The highest BCUT2D eigenvalue weighted by atomic mass is 16.1. The van der Waals surface area contributed by atoms with Crippen LogP contribution in [0.25, 0.3) is 0 Å². The molecule has 0 radical (unpaired) electrons.